The van der Waals surface area contributed by atoms with Crippen molar-refractivity contribution in [1.29, 1.82) is 0 Å². The van der Waals surface area contributed by atoms with Crippen LogP contribution in [0.3, 0.4) is 0 Å². The highest BCUT2D eigenvalue weighted by Crippen LogP contribution is 2.09. The highest BCUT2D eigenvalue weighted by Gasteiger charge is 2.15. The van der Waals surface area contributed by atoms with Crippen LogP contribution in [0.1, 0.15) is 20.3 Å². The summed E-state index contributed by atoms with van der Waals surface area (Å²) < 4.78 is 36.3. The Kier molecular flexibility index (Phi) is 4.80. The molecular weight excluding hydrogens is 259 g/mol. The van der Waals surface area contributed by atoms with Crippen LogP contribution in [0, 0.1) is 11.7 Å². The fourth-order valence-corrected chi connectivity index (χ4v) is 2.13. The van der Waals surface area contributed by atoms with Gasteiger partial charge < -0.3 is 0 Å². The Morgan fingerprint density at radius 3 is 2.61 bits per heavy atom. The minimum atomic E-state index is -3.94. The van der Waals surface area contributed by atoms with Crippen molar-refractivity contribution >= 4 is 15.9 Å². The molecule has 0 saturated carbocycles. The number of rotatable bonds is 5. The van der Waals surface area contributed by atoms with E-state index in [0.717, 1.165) is 12.1 Å². The molecule has 0 aliphatic carbocycles. The number of nitrogens with one attached hydrogen (secondary N) is 2. The predicted octanol–water partition coefficient (Wildman–Crippen LogP) is 1.18. The van der Waals surface area contributed by atoms with E-state index in [1.807, 2.05) is 18.7 Å². The Labute approximate surface area is 105 Å². The molecule has 0 fully saturated rings. The first-order chi connectivity index (χ1) is 8.31. The lowest BCUT2D eigenvalue weighted by molar-refractivity contribution is -0.122. The van der Waals surface area contributed by atoms with Crippen molar-refractivity contribution < 1.29 is 17.6 Å². The highest BCUT2D eigenvalue weighted by atomic mass is 32.2. The maximum absolute atomic E-state index is 12.9. The predicted molar refractivity (Wildman–Crippen MR) is 64.3 cm³/mol. The quantitative estimate of drug-likeness (QED) is 0.792. The minimum Gasteiger partial charge on any atom is -0.278 e. The van der Waals surface area contributed by atoms with Crippen LogP contribution in [0.25, 0.3) is 0 Å². The van der Waals surface area contributed by atoms with E-state index in [-0.39, 0.29) is 17.2 Å². The summed E-state index contributed by atoms with van der Waals surface area (Å²) in [7, 11) is -3.94. The van der Waals surface area contributed by atoms with Crippen LogP contribution in [0.4, 0.5) is 4.39 Å². The van der Waals surface area contributed by atoms with Crippen LogP contribution in [-0.2, 0) is 14.8 Å². The fraction of sp³-hybridized carbons (Fsp3) is 0.364. The lowest BCUT2D eigenvalue weighted by Gasteiger charge is -2.09. The van der Waals surface area contributed by atoms with Crippen LogP contribution in [0.2, 0.25) is 0 Å². The molecule has 0 aliphatic rings. The van der Waals surface area contributed by atoms with Gasteiger partial charge in [0.1, 0.15) is 5.82 Å². The van der Waals surface area contributed by atoms with Gasteiger partial charge in [0.15, 0.2) is 0 Å². The second-order valence-corrected chi connectivity index (χ2v) is 5.89. The molecule has 0 spiro atoms. The number of carbonyl (C=O) groups is 1. The number of benzene rings is 1. The molecule has 0 radical (unpaired) electrons. The van der Waals surface area contributed by atoms with Crippen LogP contribution in [0.15, 0.2) is 29.2 Å². The van der Waals surface area contributed by atoms with E-state index in [2.05, 4.69) is 5.43 Å². The summed E-state index contributed by atoms with van der Waals surface area (Å²) in [5, 5.41) is 0. The molecule has 0 bridgehead atoms. The van der Waals surface area contributed by atoms with Gasteiger partial charge in [0.05, 0.1) is 4.90 Å². The largest absolute Gasteiger partial charge is 0.278 e. The Morgan fingerprint density at radius 2 is 2.06 bits per heavy atom. The van der Waals surface area contributed by atoms with E-state index in [9.17, 15) is 17.6 Å². The Balaban J connectivity index is 2.69. The van der Waals surface area contributed by atoms with Crippen molar-refractivity contribution in [1.82, 2.24) is 10.3 Å². The second kappa shape index (κ2) is 5.92. The third-order valence-electron chi connectivity index (χ3n) is 2.02. The summed E-state index contributed by atoms with van der Waals surface area (Å²) >= 11 is 0. The zero-order valence-electron chi connectivity index (χ0n) is 10.1. The number of hydrogen-bond acceptors (Lipinski definition) is 3. The van der Waals surface area contributed by atoms with Gasteiger partial charge in [0.25, 0.3) is 10.0 Å². The van der Waals surface area contributed by atoms with Crippen molar-refractivity contribution in [3.05, 3.63) is 30.1 Å². The smallest absolute Gasteiger partial charge is 0.257 e. The first-order valence-electron chi connectivity index (χ1n) is 5.37. The molecule has 0 saturated heterocycles. The zero-order chi connectivity index (χ0) is 13.8. The summed E-state index contributed by atoms with van der Waals surface area (Å²) in [5.41, 5.74) is 2.07. The summed E-state index contributed by atoms with van der Waals surface area (Å²) in [4.78, 5) is 13.0. The molecule has 0 atom stereocenters. The first kappa shape index (κ1) is 14.6. The average Bonchev–Trinajstić information content (AvgIpc) is 2.26. The summed E-state index contributed by atoms with van der Waals surface area (Å²) in [6, 6.07) is 4.52. The molecule has 1 aromatic rings. The second-order valence-electron chi connectivity index (χ2n) is 4.21. The SMILES string of the molecule is CC(C)CC(=O)NNS(=O)(=O)c1cccc(F)c1. The lowest BCUT2D eigenvalue weighted by Crippen LogP contribution is -2.41. The van der Waals surface area contributed by atoms with Crippen LogP contribution in [0.5, 0.6) is 0 Å². The Hall–Kier alpha value is -1.47. The van der Waals surface area contributed by atoms with Gasteiger partial charge in [0, 0.05) is 6.42 Å². The van der Waals surface area contributed by atoms with Crippen molar-refractivity contribution in [2.75, 3.05) is 0 Å². The fourth-order valence-electron chi connectivity index (χ4n) is 1.24. The molecule has 2 N–H and O–H groups in total. The third-order valence-corrected chi connectivity index (χ3v) is 3.27. The lowest BCUT2D eigenvalue weighted by atomic mass is 10.1. The topological polar surface area (TPSA) is 75.3 Å². The van der Waals surface area contributed by atoms with Gasteiger partial charge >= 0.3 is 0 Å². The molecule has 1 rings (SSSR count). The van der Waals surface area contributed by atoms with Gasteiger partial charge in [-0.2, -0.15) is 0 Å². The van der Waals surface area contributed by atoms with Crippen molar-refractivity contribution in [3.8, 4) is 0 Å². The van der Waals surface area contributed by atoms with Crippen LogP contribution in [-0.4, -0.2) is 14.3 Å². The van der Waals surface area contributed by atoms with E-state index in [0.29, 0.717) is 0 Å². The maximum Gasteiger partial charge on any atom is 0.257 e. The Morgan fingerprint density at radius 1 is 1.39 bits per heavy atom. The molecule has 1 amide bonds. The molecule has 0 unspecified atom stereocenters. The van der Waals surface area contributed by atoms with Crippen LogP contribution >= 0.6 is 0 Å². The molecule has 0 aromatic heterocycles. The first-order valence-corrected chi connectivity index (χ1v) is 6.86. The Bertz CT molecular complexity index is 529. The zero-order valence-corrected chi connectivity index (χ0v) is 10.9. The summed E-state index contributed by atoms with van der Waals surface area (Å²) in [5.74, 6) is -0.986. The van der Waals surface area contributed by atoms with E-state index < -0.39 is 21.7 Å². The van der Waals surface area contributed by atoms with Crippen LogP contribution < -0.4 is 10.3 Å². The number of sulfonamides is 1. The number of hydrazine groups is 1. The number of halogens is 1. The van der Waals surface area contributed by atoms with Gasteiger partial charge in [-0.25, -0.2) is 12.8 Å². The molecule has 18 heavy (non-hydrogen) atoms. The minimum absolute atomic E-state index is 0.115. The summed E-state index contributed by atoms with van der Waals surface area (Å²) in [6.07, 6.45) is 0.200. The molecule has 0 aliphatic heterocycles. The van der Waals surface area contributed by atoms with E-state index in [4.69, 9.17) is 0 Å². The number of carbonyl (C=O) groups excluding carboxylic acids is 1. The number of amides is 1. The summed E-state index contributed by atoms with van der Waals surface area (Å²) in [6.45, 7) is 3.67. The normalized spacial score (nSPS) is 11.6. The monoisotopic (exact) mass is 274 g/mol. The van der Waals surface area contributed by atoms with Crippen molar-refractivity contribution in [2.45, 2.75) is 25.2 Å². The van der Waals surface area contributed by atoms with Gasteiger partial charge in [-0.05, 0) is 24.1 Å². The van der Waals surface area contributed by atoms with Gasteiger partial charge in [-0.1, -0.05) is 19.9 Å². The molecule has 7 heteroatoms. The maximum atomic E-state index is 12.9. The average molecular weight is 274 g/mol. The van der Waals surface area contributed by atoms with Crippen molar-refractivity contribution in [3.63, 3.8) is 0 Å². The third kappa shape index (κ3) is 4.42. The van der Waals surface area contributed by atoms with Gasteiger partial charge in [-0.15, -0.1) is 4.83 Å². The van der Waals surface area contributed by atoms with E-state index in [1.165, 1.54) is 12.1 Å². The molecule has 1 aromatic carbocycles. The number of hydrogen-bond donors (Lipinski definition) is 2. The highest BCUT2D eigenvalue weighted by molar-refractivity contribution is 7.89. The van der Waals surface area contributed by atoms with E-state index in [1.54, 1.807) is 0 Å². The molecule has 100 valence electrons. The molecule has 5 nitrogen and oxygen atoms in total. The van der Waals surface area contributed by atoms with Crippen molar-refractivity contribution in [2.24, 2.45) is 5.92 Å². The van der Waals surface area contributed by atoms with Gasteiger partial charge in [-0.3, -0.25) is 10.2 Å². The molecular formula is C11H15FN2O3S. The van der Waals surface area contributed by atoms with Gasteiger partial charge in [0.2, 0.25) is 5.91 Å². The molecule has 0 heterocycles. The standard InChI is InChI=1S/C11H15FN2O3S/c1-8(2)6-11(15)13-14-18(16,17)10-5-3-4-9(12)7-10/h3-5,7-8,14H,6H2,1-2H3,(H,13,15). The van der Waals surface area contributed by atoms with E-state index >= 15 is 0 Å².